The van der Waals surface area contributed by atoms with E-state index in [1.54, 1.807) is 92.0 Å². The molecule has 0 radical (unpaired) electrons. The van der Waals surface area contributed by atoms with E-state index < -0.39 is 54.7 Å². The summed E-state index contributed by atoms with van der Waals surface area (Å²) in [5.41, 5.74) is 3.08. The first kappa shape index (κ1) is 49.0. The van der Waals surface area contributed by atoms with Gasteiger partial charge in [-0.3, -0.25) is 0 Å². The maximum absolute atomic E-state index is 13.0. The third kappa shape index (κ3) is 8.14. The summed E-state index contributed by atoms with van der Waals surface area (Å²) in [6.45, 7) is 0. The highest BCUT2D eigenvalue weighted by Gasteiger charge is 2.53. The van der Waals surface area contributed by atoms with Crippen molar-refractivity contribution in [3.8, 4) is 86.2 Å². The van der Waals surface area contributed by atoms with Gasteiger partial charge in [-0.15, -0.1) is 0 Å². The fourth-order valence-corrected chi connectivity index (χ4v) is 10.4. The molecule has 0 saturated heterocycles. The molecule has 0 bridgehead atoms. The second-order valence-electron chi connectivity index (χ2n) is 17.5. The molecule has 0 aromatic heterocycles. The van der Waals surface area contributed by atoms with E-state index >= 15 is 0 Å². The molecule has 4 aliphatic rings. The van der Waals surface area contributed by atoms with Gasteiger partial charge in [0.05, 0.1) is 88.1 Å². The van der Waals surface area contributed by atoms with Gasteiger partial charge in [0.1, 0.15) is 82.3 Å². The molecule has 0 unspecified atom stereocenters. The number of hydrogen-bond donors (Lipinski definition) is 3. The first-order valence-electron chi connectivity index (χ1n) is 23.2. The Morgan fingerprint density at radius 3 is 1.22 bits per heavy atom. The van der Waals surface area contributed by atoms with E-state index in [1.807, 2.05) is 0 Å². The van der Waals surface area contributed by atoms with Crippen molar-refractivity contribution >= 4 is 0 Å². The van der Waals surface area contributed by atoms with E-state index in [0.29, 0.717) is 90.9 Å². The Bertz CT molecular complexity index is 3050. The zero-order valence-corrected chi connectivity index (χ0v) is 41.7. The minimum Gasteiger partial charge on any atom is -0.496 e. The molecule has 6 aromatic rings. The number of methoxy groups -OCH3 is 10. The van der Waals surface area contributed by atoms with Crippen LogP contribution in [0.15, 0.2) is 84.9 Å². The molecular weight excluding hydrogens is 949 g/mol. The number of benzene rings is 6. The molecular formula is C55H56O18. The van der Waals surface area contributed by atoms with Crippen molar-refractivity contribution in [1.29, 1.82) is 0 Å². The van der Waals surface area contributed by atoms with Gasteiger partial charge in [0.2, 0.25) is 0 Å². The van der Waals surface area contributed by atoms with Crippen molar-refractivity contribution in [2.75, 3.05) is 71.1 Å². The van der Waals surface area contributed by atoms with E-state index in [-0.39, 0.29) is 34.3 Å². The lowest BCUT2D eigenvalue weighted by atomic mass is 9.76. The lowest BCUT2D eigenvalue weighted by Gasteiger charge is -2.46. The van der Waals surface area contributed by atoms with Gasteiger partial charge in [0, 0.05) is 41.5 Å². The predicted molar refractivity (Wildman–Crippen MR) is 261 cm³/mol. The Kier molecular flexibility index (Phi) is 13.3. The highest BCUT2D eigenvalue weighted by atomic mass is 16.6. The molecule has 6 aromatic carbocycles. The van der Waals surface area contributed by atoms with Crippen LogP contribution in [0.3, 0.4) is 0 Å². The van der Waals surface area contributed by atoms with Gasteiger partial charge in [0.25, 0.3) is 0 Å². The molecule has 0 amide bonds. The highest BCUT2D eigenvalue weighted by Crippen LogP contribution is 2.64. The van der Waals surface area contributed by atoms with Crippen LogP contribution < -0.4 is 66.3 Å². The minimum absolute atomic E-state index is 0.175. The van der Waals surface area contributed by atoms with Gasteiger partial charge >= 0.3 is 0 Å². The van der Waals surface area contributed by atoms with E-state index in [1.165, 1.54) is 64.0 Å². The standard InChI is InChI=1S/C55H56O18/c1-59-28-20-36(67-9)43-40(23-28)71-51(26-12-15-31(62-4)34(18-26)65-7)48(57)54(43)73-55-45-37(68-10)24-41-44(53(45)72-52(49(55)58)27-13-16-32(63-5)35(19-27)66-8)46-42-38(69-41)21-29(60-2)22-39(42)70-50(47(46)56)25-11-14-30(61-3)33(17-25)64-6/h11-24,46-52,54-58H,1-10H3/t46-,47-,48-,49+,50+,51-,52+,54-,55-/m1/s1. The van der Waals surface area contributed by atoms with E-state index in [0.717, 1.165) is 0 Å². The number of rotatable bonds is 15. The maximum atomic E-state index is 13.0. The fraction of sp³-hybridized carbons (Fsp3) is 0.345. The van der Waals surface area contributed by atoms with Crippen LogP contribution in [0.4, 0.5) is 0 Å². The smallest absolute Gasteiger partial charge is 0.161 e. The van der Waals surface area contributed by atoms with Gasteiger partial charge in [-0.2, -0.15) is 0 Å². The molecule has 0 fully saturated rings. The Morgan fingerprint density at radius 1 is 0.342 bits per heavy atom. The van der Waals surface area contributed by atoms with Crippen LogP contribution in [0.1, 0.15) is 75.4 Å². The molecule has 384 valence electrons. The van der Waals surface area contributed by atoms with Crippen molar-refractivity contribution in [2.24, 2.45) is 0 Å². The van der Waals surface area contributed by atoms with Gasteiger partial charge in [-0.05, 0) is 53.1 Å². The Hall–Kier alpha value is -7.64. The molecule has 4 heterocycles. The zero-order valence-electron chi connectivity index (χ0n) is 41.7. The van der Waals surface area contributed by atoms with Crippen molar-refractivity contribution in [2.45, 2.75) is 54.7 Å². The quantitative estimate of drug-likeness (QED) is 0.0887. The lowest BCUT2D eigenvalue weighted by molar-refractivity contribution is -0.176. The Morgan fingerprint density at radius 2 is 0.740 bits per heavy atom. The van der Waals surface area contributed by atoms with Crippen molar-refractivity contribution < 1.29 is 86.4 Å². The van der Waals surface area contributed by atoms with Crippen LogP contribution in [0.5, 0.6) is 86.2 Å². The van der Waals surface area contributed by atoms with E-state index in [9.17, 15) is 15.3 Å². The van der Waals surface area contributed by atoms with Crippen LogP contribution >= 0.6 is 0 Å². The van der Waals surface area contributed by atoms with Gasteiger partial charge in [-0.1, -0.05) is 18.2 Å². The average molecular weight is 1010 g/mol. The summed E-state index contributed by atoms with van der Waals surface area (Å²) in [7, 11) is 15.1. The number of aliphatic hydroxyl groups excluding tert-OH is 3. The van der Waals surface area contributed by atoms with Crippen molar-refractivity contribution in [3.05, 3.63) is 124 Å². The number of ether oxygens (including phenoxy) is 15. The zero-order chi connectivity index (χ0) is 51.4. The van der Waals surface area contributed by atoms with Crippen LogP contribution in [0.2, 0.25) is 0 Å². The van der Waals surface area contributed by atoms with Crippen LogP contribution in [-0.2, 0) is 4.74 Å². The molecule has 18 nitrogen and oxygen atoms in total. The third-order valence-corrected chi connectivity index (χ3v) is 13.9. The second kappa shape index (κ2) is 19.8. The lowest BCUT2D eigenvalue weighted by Crippen LogP contribution is -2.42. The van der Waals surface area contributed by atoms with Crippen molar-refractivity contribution in [3.63, 3.8) is 0 Å². The summed E-state index contributed by atoms with van der Waals surface area (Å²) >= 11 is 0. The topological polar surface area (TPSA) is 199 Å². The van der Waals surface area contributed by atoms with E-state index in [4.69, 9.17) is 71.1 Å². The Labute approximate surface area is 421 Å². The molecule has 18 heteroatoms. The monoisotopic (exact) mass is 1000 g/mol. The van der Waals surface area contributed by atoms with Crippen LogP contribution in [0.25, 0.3) is 0 Å². The summed E-state index contributed by atoms with van der Waals surface area (Å²) in [6, 6.07) is 24.1. The van der Waals surface area contributed by atoms with E-state index in [2.05, 4.69) is 0 Å². The normalized spacial score (nSPS) is 22.9. The third-order valence-electron chi connectivity index (χ3n) is 13.9. The summed E-state index contributed by atoms with van der Waals surface area (Å²) in [5.74, 6) is 4.49. The van der Waals surface area contributed by atoms with Gasteiger partial charge in [-0.25, -0.2) is 0 Å². The van der Waals surface area contributed by atoms with Crippen LogP contribution in [0, 0.1) is 0 Å². The Balaban J connectivity index is 1.20. The number of hydrogen-bond acceptors (Lipinski definition) is 18. The van der Waals surface area contributed by atoms with Crippen molar-refractivity contribution in [1.82, 2.24) is 0 Å². The minimum atomic E-state index is -1.53. The van der Waals surface area contributed by atoms with Crippen LogP contribution in [-0.4, -0.2) is 105 Å². The maximum Gasteiger partial charge on any atom is 0.161 e. The summed E-state index contributed by atoms with van der Waals surface area (Å²) in [4.78, 5) is 0. The number of fused-ring (bicyclic) bond motifs is 5. The molecule has 9 atom stereocenters. The average Bonchev–Trinajstić information content (AvgIpc) is 3.43. The summed E-state index contributed by atoms with van der Waals surface area (Å²) in [5, 5.41) is 38.8. The molecule has 0 saturated carbocycles. The molecule has 4 aliphatic heterocycles. The SMILES string of the molecule is COc1cc2c3c(c1)O[C@@H](c1ccc(OC)c(OC)c1)[C@H](O)[C@H]3c1c(cc(OC)c3c1O[C@@H](c1ccc(OC)c(OC)c1)[C@H](O)[C@@H]3O[C@@H]1c3c(OC)cc(OC)cc3O[C@H](c3ccc(OC)c(OC)c3)[C@H]1O)O2. The largest absolute Gasteiger partial charge is 0.496 e. The first-order valence-corrected chi connectivity index (χ1v) is 23.2. The van der Waals surface area contributed by atoms with Gasteiger partial charge < -0.3 is 86.4 Å². The summed E-state index contributed by atoms with van der Waals surface area (Å²) in [6.07, 6.45) is -10.3. The molecule has 73 heavy (non-hydrogen) atoms. The fourth-order valence-electron chi connectivity index (χ4n) is 10.4. The molecule has 0 aliphatic carbocycles. The molecule has 10 rings (SSSR count). The summed E-state index contributed by atoms with van der Waals surface area (Å²) < 4.78 is 91.8. The second-order valence-corrected chi connectivity index (χ2v) is 17.5. The van der Waals surface area contributed by atoms with Gasteiger partial charge in [0.15, 0.2) is 52.8 Å². The number of aliphatic hydroxyl groups is 3. The molecule has 0 spiro atoms. The molecule has 3 N–H and O–H groups in total. The predicted octanol–water partition coefficient (Wildman–Crippen LogP) is 8.29. The highest BCUT2D eigenvalue weighted by molar-refractivity contribution is 5.71. The first-order chi connectivity index (χ1) is 35.4.